The van der Waals surface area contributed by atoms with E-state index < -0.39 is 41.1 Å². The molecular weight excluding hydrogens is 623 g/mol. The van der Waals surface area contributed by atoms with Crippen LogP contribution < -0.4 is 0 Å². The van der Waals surface area contributed by atoms with E-state index in [1.807, 2.05) is 24.0 Å². The number of carboxylic acids is 1. The number of alkyl halides is 5. The summed E-state index contributed by atoms with van der Waals surface area (Å²) in [5.41, 5.74) is -0.756. The number of likely N-dealkylation sites (tertiary alicyclic amines) is 1. The normalized spacial score (nSPS) is 17.3. The van der Waals surface area contributed by atoms with Gasteiger partial charge in [-0.1, -0.05) is 42.5 Å². The molecule has 1 N–H and O–H groups in total. The molecule has 47 heavy (non-hydrogen) atoms. The van der Waals surface area contributed by atoms with Crippen molar-refractivity contribution in [2.45, 2.75) is 70.1 Å². The molecule has 1 atom stereocenters. The molecule has 1 aliphatic heterocycles. The monoisotopic (exact) mass is 658 g/mol. The summed E-state index contributed by atoms with van der Waals surface area (Å²) < 4.78 is 75.4. The number of ether oxygens (including phenoxy) is 1. The smallest absolute Gasteiger partial charge is 0.459 e. The van der Waals surface area contributed by atoms with Crippen molar-refractivity contribution < 1.29 is 41.4 Å². The van der Waals surface area contributed by atoms with Crippen molar-refractivity contribution in [1.82, 2.24) is 19.7 Å². The first kappa shape index (κ1) is 33.8. The highest BCUT2D eigenvalue weighted by Crippen LogP contribution is 2.45. The lowest BCUT2D eigenvalue weighted by Gasteiger charge is -2.32. The number of rotatable bonds is 11. The zero-order chi connectivity index (χ0) is 33.9. The Balaban J connectivity index is 1.30. The molecule has 0 bridgehead atoms. The number of carbonyl (C=O) groups is 2. The van der Waals surface area contributed by atoms with Crippen molar-refractivity contribution in [3.8, 4) is 5.82 Å². The van der Waals surface area contributed by atoms with Crippen molar-refractivity contribution >= 4 is 11.9 Å². The fraction of sp³-hybridized carbons (Fsp3) is 0.412. The van der Waals surface area contributed by atoms with E-state index >= 15 is 0 Å². The van der Waals surface area contributed by atoms with E-state index in [0.29, 0.717) is 17.9 Å². The zero-order valence-electron chi connectivity index (χ0n) is 25.9. The summed E-state index contributed by atoms with van der Waals surface area (Å²) in [6.07, 6.45) is 3.45. The molecule has 13 heteroatoms. The van der Waals surface area contributed by atoms with Gasteiger partial charge in [-0.2, -0.15) is 27.1 Å². The minimum atomic E-state index is -6.07. The Labute approximate surface area is 268 Å². The molecule has 0 spiro atoms. The molecule has 1 aliphatic carbocycles. The number of amides is 1. The lowest BCUT2D eigenvalue weighted by Crippen LogP contribution is -2.38. The average molecular weight is 659 g/mol. The van der Waals surface area contributed by atoms with Gasteiger partial charge in [0.2, 0.25) is 5.91 Å². The number of allylic oxidation sites excluding steroid dienone is 4. The predicted molar refractivity (Wildman–Crippen MR) is 162 cm³/mol. The van der Waals surface area contributed by atoms with Crippen LogP contribution in [-0.2, 0) is 22.1 Å². The molecule has 1 unspecified atom stereocenters. The summed E-state index contributed by atoms with van der Waals surface area (Å²) in [4.78, 5) is 30.2. The number of nitrogens with zero attached hydrogens (tertiary/aromatic N) is 4. The van der Waals surface area contributed by atoms with Crippen LogP contribution in [0.2, 0.25) is 0 Å². The molecule has 8 nitrogen and oxygen atoms in total. The van der Waals surface area contributed by atoms with Gasteiger partial charge in [-0.15, -0.1) is 0 Å². The van der Waals surface area contributed by atoms with Crippen LogP contribution >= 0.6 is 0 Å². The van der Waals surface area contributed by atoms with Crippen molar-refractivity contribution in [3.05, 3.63) is 101 Å². The van der Waals surface area contributed by atoms with Gasteiger partial charge < -0.3 is 14.7 Å². The van der Waals surface area contributed by atoms with E-state index in [4.69, 9.17) is 4.74 Å². The Hall–Kier alpha value is -4.55. The van der Waals surface area contributed by atoms with Gasteiger partial charge in [0.05, 0.1) is 17.8 Å². The van der Waals surface area contributed by atoms with E-state index in [9.17, 15) is 36.6 Å². The molecule has 3 aromatic rings. The van der Waals surface area contributed by atoms with Crippen LogP contribution in [0.3, 0.4) is 0 Å². The largest absolute Gasteiger partial charge is 0.493 e. The molecule has 2 aliphatic rings. The zero-order valence-corrected chi connectivity index (χ0v) is 25.9. The Kier molecular flexibility index (Phi) is 9.83. The Morgan fingerprint density at radius 2 is 1.72 bits per heavy atom. The summed E-state index contributed by atoms with van der Waals surface area (Å²) in [6, 6.07) is 12.2. The van der Waals surface area contributed by atoms with E-state index in [2.05, 4.69) is 22.2 Å². The van der Waals surface area contributed by atoms with E-state index in [1.54, 1.807) is 31.2 Å². The summed E-state index contributed by atoms with van der Waals surface area (Å²) >= 11 is 0. The van der Waals surface area contributed by atoms with Gasteiger partial charge in [0.1, 0.15) is 23.6 Å². The number of hydrogen-bond acceptors (Lipinski definition) is 5. The maximum atomic E-state index is 14.5. The maximum absolute atomic E-state index is 14.5. The van der Waals surface area contributed by atoms with Crippen molar-refractivity contribution in [2.24, 2.45) is 5.92 Å². The molecule has 3 heterocycles. The van der Waals surface area contributed by atoms with Gasteiger partial charge in [-0.05, 0) is 74.8 Å². The maximum Gasteiger partial charge on any atom is 0.459 e. The molecule has 0 radical (unpaired) electrons. The average Bonchev–Trinajstić information content (AvgIpc) is 3.80. The number of carbonyl (C=O) groups excluding carboxylic acids is 1. The highest BCUT2D eigenvalue weighted by molar-refractivity contribution is 5.89. The third-order valence-electron chi connectivity index (χ3n) is 8.54. The molecule has 5 rings (SSSR count). The van der Waals surface area contributed by atoms with Crippen LogP contribution in [0.15, 0.2) is 72.6 Å². The molecule has 1 aromatic carbocycles. The van der Waals surface area contributed by atoms with Crippen LogP contribution in [0.5, 0.6) is 0 Å². The van der Waals surface area contributed by atoms with E-state index in [1.165, 1.54) is 11.6 Å². The number of aromatic nitrogens is 3. The van der Waals surface area contributed by atoms with E-state index in [-0.39, 0.29) is 28.8 Å². The SMILES string of the molecule is C/C=C\C=C(\OCc1ccc(C2CCN(C(=O)C3CC3)CC2)cc1)C(C)c1cccc(-n2ncc(C(=O)O)c2C(F)(F)C(F)(F)F)n1. The fourth-order valence-electron chi connectivity index (χ4n) is 5.64. The Morgan fingerprint density at radius 1 is 1.04 bits per heavy atom. The van der Waals surface area contributed by atoms with Gasteiger partial charge in [-0.25, -0.2) is 14.5 Å². The first-order valence-corrected chi connectivity index (χ1v) is 15.4. The Bertz CT molecular complexity index is 1650. The number of pyridine rings is 1. The van der Waals surface area contributed by atoms with E-state index in [0.717, 1.165) is 50.4 Å². The van der Waals surface area contributed by atoms with Crippen molar-refractivity contribution in [2.75, 3.05) is 13.1 Å². The van der Waals surface area contributed by atoms with Crippen LogP contribution in [0.1, 0.15) is 84.2 Å². The standard InChI is InChI=1S/C34H35F5N4O4/c1-3-4-7-28(47-20-22-9-11-23(12-10-22)24-15-17-42(18-16-24)31(44)25-13-14-25)21(2)27-6-5-8-29(41-27)43-30(26(19-40-43)32(45)46)33(35,36)34(37,38)39/h3-12,19,21,24-25H,13-18,20H2,1-2H3,(H,45,46)/b4-3-,28-7+. The Morgan fingerprint density at radius 3 is 2.32 bits per heavy atom. The number of carboxylic acid groups (broad SMARTS) is 1. The minimum Gasteiger partial charge on any atom is -0.493 e. The first-order chi connectivity index (χ1) is 22.3. The molecule has 2 aromatic heterocycles. The lowest BCUT2D eigenvalue weighted by molar-refractivity contribution is -0.291. The van der Waals surface area contributed by atoms with Crippen molar-refractivity contribution in [1.29, 1.82) is 0 Å². The number of benzene rings is 1. The highest BCUT2D eigenvalue weighted by Gasteiger charge is 2.62. The number of halogens is 5. The van der Waals surface area contributed by atoms with Crippen LogP contribution in [0, 0.1) is 5.92 Å². The quantitative estimate of drug-likeness (QED) is 0.130. The molecule has 1 saturated carbocycles. The molecule has 250 valence electrons. The second-order valence-corrected chi connectivity index (χ2v) is 11.8. The molecular formula is C34H35F5N4O4. The van der Waals surface area contributed by atoms with Crippen LogP contribution in [0.25, 0.3) is 5.82 Å². The summed E-state index contributed by atoms with van der Waals surface area (Å²) in [7, 11) is 0. The topological polar surface area (TPSA) is 97.6 Å². The number of piperidine rings is 1. The summed E-state index contributed by atoms with van der Waals surface area (Å²) in [5.74, 6) is -7.14. The predicted octanol–water partition coefficient (Wildman–Crippen LogP) is 7.52. The van der Waals surface area contributed by atoms with Crippen molar-refractivity contribution in [3.63, 3.8) is 0 Å². The second-order valence-electron chi connectivity index (χ2n) is 11.8. The van der Waals surface area contributed by atoms with Gasteiger partial charge in [0.15, 0.2) is 5.82 Å². The number of hydrogen-bond donors (Lipinski definition) is 1. The summed E-state index contributed by atoms with van der Waals surface area (Å²) in [5, 5.41) is 12.9. The van der Waals surface area contributed by atoms with Gasteiger partial charge in [-0.3, -0.25) is 4.79 Å². The van der Waals surface area contributed by atoms with Crippen LogP contribution in [0.4, 0.5) is 22.0 Å². The van der Waals surface area contributed by atoms with Gasteiger partial charge in [0, 0.05) is 19.0 Å². The van der Waals surface area contributed by atoms with Crippen LogP contribution in [-0.4, -0.2) is 55.9 Å². The second kappa shape index (κ2) is 13.7. The first-order valence-electron chi connectivity index (χ1n) is 15.4. The third kappa shape index (κ3) is 7.39. The lowest BCUT2D eigenvalue weighted by atomic mass is 9.89. The molecule has 2 fully saturated rings. The fourth-order valence-corrected chi connectivity index (χ4v) is 5.64. The summed E-state index contributed by atoms with van der Waals surface area (Å²) in [6.45, 7) is 5.28. The third-order valence-corrected chi connectivity index (χ3v) is 8.54. The number of aromatic carboxylic acids is 1. The van der Waals surface area contributed by atoms with Gasteiger partial charge in [0.25, 0.3) is 0 Å². The molecule has 1 amide bonds. The minimum absolute atomic E-state index is 0.200. The highest BCUT2D eigenvalue weighted by atomic mass is 19.4. The molecule has 1 saturated heterocycles. The van der Waals surface area contributed by atoms with Gasteiger partial charge >= 0.3 is 18.1 Å².